The summed E-state index contributed by atoms with van der Waals surface area (Å²) in [6.45, 7) is 4.45. The molecule has 0 saturated heterocycles. The van der Waals surface area contributed by atoms with Gasteiger partial charge in [-0.3, -0.25) is 18.6 Å². The van der Waals surface area contributed by atoms with Crippen molar-refractivity contribution in [1.82, 2.24) is 0 Å². The van der Waals surface area contributed by atoms with Gasteiger partial charge in [0, 0.05) is 12.8 Å². The van der Waals surface area contributed by atoms with Gasteiger partial charge in [-0.05, 0) is 38.5 Å². The molecule has 0 rings (SSSR count). The summed E-state index contributed by atoms with van der Waals surface area (Å²) in [6.07, 6.45) is 46.9. The van der Waals surface area contributed by atoms with Gasteiger partial charge in [-0.1, -0.05) is 206 Å². The van der Waals surface area contributed by atoms with Crippen molar-refractivity contribution in [3.05, 3.63) is 12.2 Å². The lowest BCUT2D eigenvalue weighted by Crippen LogP contribution is -2.37. The average Bonchev–Trinajstić information content (AvgIpc) is 3.20. The monoisotopic (exact) mass is 873 g/mol. The maximum atomic E-state index is 12.7. The van der Waals surface area contributed by atoms with Gasteiger partial charge in [0.25, 0.3) is 0 Å². The summed E-state index contributed by atoms with van der Waals surface area (Å²) in [5.74, 6) is -0.789. The molecule has 2 atom stereocenters. The van der Waals surface area contributed by atoms with Gasteiger partial charge in [0.05, 0.1) is 27.7 Å². The smallest absolute Gasteiger partial charge is 0.462 e. The molecule has 356 valence electrons. The minimum atomic E-state index is -4.37. The fourth-order valence-corrected chi connectivity index (χ4v) is 8.05. The number of phosphoric ester groups is 1. The highest BCUT2D eigenvalue weighted by atomic mass is 31.2. The second kappa shape index (κ2) is 43.0. The predicted molar refractivity (Wildman–Crippen MR) is 252 cm³/mol. The van der Waals surface area contributed by atoms with Crippen LogP contribution in [-0.4, -0.2) is 74.9 Å². The molecular weight excluding hydrogens is 774 g/mol. The third-order valence-electron chi connectivity index (χ3n) is 11.3. The van der Waals surface area contributed by atoms with E-state index in [1.165, 1.54) is 180 Å². The molecule has 0 aromatic heterocycles. The van der Waals surface area contributed by atoms with Gasteiger partial charge in [0.15, 0.2) is 6.10 Å². The topological polar surface area (TPSA) is 108 Å². The highest BCUT2D eigenvalue weighted by Gasteiger charge is 2.27. The lowest BCUT2D eigenvalue weighted by atomic mass is 10.0. The second-order valence-corrected chi connectivity index (χ2v) is 20.0. The molecule has 9 nitrogen and oxygen atoms in total. The normalized spacial score (nSPS) is 13.5. The average molecular weight is 873 g/mol. The number of likely N-dealkylation sites (N-methyl/N-ethyl adjacent to an activating group) is 1. The summed E-state index contributed by atoms with van der Waals surface area (Å²) >= 11 is 0. The van der Waals surface area contributed by atoms with Crippen molar-refractivity contribution in [2.24, 2.45) is 0 Å². The lowest BCUT2D eigenvalue weighted by molar-refractivity contribution is -0.870. The number of carbonyl (C=O) groups excluding carboxylic acids is 2. The van der Waals surface area contributed by atoms with Gasteiger partial charge in [0.2, 0.25) is 0 Å². The van der Waals surface area contributed by atoms with Crippen LogP contribution in [0.3, 0.4) is 0 Å². The third-order valence-corrected chi connectivity index (χ3v) is 12.3. The van der Waals surface area contributed by atoms with E-state index in [-0.39, 0.29) is 32.0 Å². The van der Waals surface area contributed by atoms with Crippen LogP contribution in [0.4, 0.5) is 0 Å². The molecule has 0 aliphatic carbocycles. The van der Waals surface area contributed by atoms with Crippen LogP contribution >= 0.6 is 7.82 Å². The van der Waals surface area contributed by atoms with Crippen LogP contribution in [0, 0.1) is 0 Å². The lowest BCUT2D eigenvalue weighted by Gasteiger charge is -2.24. The van der Waals surface area contributed by atoms with E-state index in [0.29, 0.717) is 17.4 Å². The summed E-state index contributed by atoms with van der Waals surface area (Å²) in [7, 11) is 1.49. The third kappa shape index (κ3) is 46.3. The van der Waals surface area contributed by atoms with E-state index >= 15 is 0 Å². The van der Waals surface area contributed by atoms with Crippen molar-refractivity contribution in [2.45, 2.75) is 251 Å². The standard InChI is InChI=1S/C50H98NO8P/c1-6-8-10-12-14-16-18-20-22-23-24-25-26-27-29-31-33-35-37-39-41-43-50(53)59-48(47-58-60(54,55)57-45-44-51(3,4)5)46-56-49(52)42-40-38-36-34-32-30-28-21-19-17-15-13-11-9-7-2/h17,19,48H,6-16,18,20-47H2,1-5H3/p+1/b19-17-/t48-/m1/s1. The molecule has 0 aliphatic rings. The Balaban J connectivity index is 4.21. The van der Waals surface area contributed by atoms with Crippen LogP contribution in [0.25, 0.3) is 0 Å². The Morgan fingerprint density at radius 2 is 0.850 bits per heavy atom. The van der Waals surface area contributed by atoms with Gasteiger partial charge in [0.1, 0.15) is 19.8 Å². The molecule has 0 spiro atoms. The molecule has 1 unspecified atom stereocenters. The zero-order valence-corrected chi connectivity index (χ0v) is 41.1. The quantitative estimate of drug-likeness (QED) is 0.0212. The first-order chi connectivity index (χ1) is 29.0. The number of unbranched alkanes of at least 4 members (excludes halogenated alkanes) is 31. The van der Waals surface area contributed by atoms with Gasteiger partial charge in [-0.15, -0.1) is 0 Å². The first-order valence-corrected chi connectivity index (χ1v) is 26.9. The zero-order chi connectivity index (χ0) is 44.3. The summed E-state index contributed by atoms with van der Waals surface area (Å²) in [5.41, 5.74) is 0. The highest BCUT2D eigenvalue weighted by Crippen LogP contribution is 2.43. The van der Waals surface area contributed by atoms with Crippen LogP contribution in [0.2, 0.25) is 0 Å². The fourth-order valence-electron chi connectivity index (χ4n) is 7.31. The number of nitrogens with zero attached hydrogens (tertiary/aromatic N) is 1. The predicted octanol–water partition coefficient (Wildman–Crippen LogP) is 14.9. The molecule has 0 fully saturated rings. The van der Waals surface area contributed by atoms with E-state index in [0.717, 1.165) is 32.1 Å². The highest BCUT2D eigenvalue weighted by molar-refractivity contribution is 7.47. The number of quaternary nitrogens is 1. The van der Waals surface area contributed by atoms with E-state index in [2.05, 4.69) is 26.0 Å². The second-order valence-electron chi connectivity index (χ2n) is 18.6. The van der Waals surface area contributed by atoms with Crippen molar-refractivity contribution >= 4 is 19.8 Å². The number of hydrogen-bond acceptors (Lipinski definition) is 7. The van der Waals surface area contributed by atoms with Crippen LogP contribution in [0.15, 0.2) is 12.2 Å². The zero-order valence-electron chi connectivity index (χ0n) is 40.2. The largest absolute Gasteiger partial charge is 0.472 e. The number of carbonyl (C=O) groups is 2. The summed E-state index contributed by atoms with van der Waals surface area (Å²) in [4.78, 5) is 35.5. The fraction of sp³-hybridized carbons (Fsp3) is 0.920. The van der Waals surface area contributed by atoms with E-state index in [4.69, 9.17) is 18.5 Å². The van der Waals surface area contributed by atoms with Crippen molar-refractivity contribution in [1.29, 1.82) is 0 Å². The minimum absolute atomic E-state index is 0.0345. The molecule has 0 aromatic carbocycles. The Bertz CT molecular complexity index is 1030. The first-order valence-electron chi connectivity index (χ1n) is 25.4. The van der Waals surface area contributed by atoms with Crippen molar-refractivity contribution in [2.75, 3.05) is 47.5 Å². The van der Waals surface area contributed by atoms with Crippen molar-refractivity contribution in [3.8, 4) is 0 Å². The van der Waals surface area contributed by atoms with E-state index in [1.54, 1.807) is 0 Å². The summed E-state index contributed by atoms with van der Waals surface area (Å²) in [5, 5.41) is 0. The molecule has 0 saturated carbocycles. The molecular formula is C50H99NO8P+. The molecule has 10 heteroatoms. The van der Waals surface area contributed by atoms with Gasteiger partial charge in [-0.2, -0.15) is 0 Å². The van der Waals surface area contributed by atoms with Crippen molar-refractivity contribution in [3.63, 3.8) is 0 Å². The summed E-state index contributed by atoms with van der Waals surface area (Å²) in [6, 6.07) is 0. The Labute approximate surface area is 371 Å². The molecule has 60 heavy (non-hydrogen) atoms. The molecule has 0 radical (unpaired) electrons. The van der Waals surface area contributed by atoms with Crippen molar-refractivity contribution < 1.29 is 42.1 Å². The number of ether oxygens (including phenoxy) is 2. The van der Waals surface area contributed by atoms with Crippen LogP contribution in [-0.2, 0) is 32.7 Å². The molecule has 0 amide bonds. The Hall–Kier alpha value is -1.25. The van der Waals surface area contributed by atoms with Gasteiger partial charge < -0.3 is 18.9 Å². The summed E-state index contributed by atoms with van der Waals surface area (Å²) < 4.78 is 34.4. The van der Waals surface area contributed by atoms with E-state index < -0.39 is 26.5 Å². The molecule has 1 N–H and O–H groups in total. The maximum absolute atomic E-state index is 12.7. The molecule has 0 aromatic rings. The SMILES string of the molecule is CCCCCC/C=C\CCCCCCCCCC(=O)OC[C@H](COP(=O)(O)OCC[N+](C)(C)C)OC(=O)CCCCCCCCCCCCCCCCCCCCCCC. The Kier molecular flexibility index (Phi) is 42.1. The van der Waals surface area contributed by atoms with Crippen LogP contribution in [0.1, 0.15) is 245 Å². The number of rotatable bonds is 47. The van der Waals surface area contributed by atoms with Gasteiger partial charge >= 0.3 is 19.8 Å². The van der Waals surface area contributed by atoms with Crippen LogP contribution in [0.5, 0.6) is 0 Å². The number of hydrogen-bond donors (Lipinski definition) is 1. The maximum Gasteiger partial charge on any atom is 0.472 e. The molecule has 0 aliphatic heterocycles. The first kappa shape index (κ1) is 58.8. The minimum Gasteiger partial charge on any atom is -0.462 e. The Morgan fingerprint density at radius 3 is 1.25 bits per heavy atom. The number of phosphoric acid groups is 1. The number of allylic oxidation sites excluding steroid dienone is 2. The Morgan fingerprint density at radius 1 is 0.500 bits per heavy atom. The van der Waals surface area contributed by atoms with E-state index in [1.807, 2.05) is 21.1 Å². The van der Waals surface area contributed by atoms with Crippen LogP contribution < -0.4 is 0 Å². The molecule has 0 heterocycles. The van der Waals surface area contributed by atoms with E-state index in [9.17, 15) is 19.0 Å². The number of esters is 2. The van der Waals surface area contributed by atoms with Gasteiger partial charge in [-0.25, -0.2) is 4.57 Å². The molecule has 0 bridgehead atoms.